The first kappa shape index (κ1) is 12.0. The van der Waals surface area contributed by atoms with Gasteiger partial charge >= 0.3 is 0 Å². The van der Waals surface area contributed by atoms with Gasteiger partial charge in [-0.25, -0.2) is 13.1 Å². The Morgan fingerprint density at radius 3 is 2.57 bits per heavy atom. The van der Waals surface area contributed by atoms with Crippen molar-refractivity contribution >= 4 is 33.0 Å². The van der Waals surface area contributed by atoms with E-state index in [1.165, 1.54) is 6.07 Å². The number of halogens is 1. The van der Waals surface area contributed by atoms with Crippen LogP contribution in [0.4, 0.5) is 0 Å². The minimum Gasteiger partial charge on any atom is -0.210 e. The molecule has 0 radical (unpaired) electrons. The van der Waals surface area contributed by atoms with Gasteiger partial charge in [-0.3, -0.25) is 0 Å². The highest BCUT2D eigenvalue weighted by atomic mass is 35.5. The Hall–Kier alpha value is -0.100. The van der Waals surface area contributed by atoms with E-state index in [-0.39, 0.29) is 4.21 Å². The molecule has 0 aliphatic rings. The molecule has 0 aliphatic heterocycles. The summed E-state index contributed by atoms with van der Waals surface area (Å²) >= 11 is 6.72. The first-order valence-corrected chi connectivity index (χ1v) is 6.84. The van der Waals surface area contributed by atoms with Gasteiger partial charge in [0.25, 0.3) is 0 Å². The van der Waals surface area contributed by atoms with Crippen molar-refractivity contribution in [1.82, 2.24) is 4.72 Å². The molecule has 0 aliphatic carbocycles. The highest BCUT2D eigenvalue weighted by molar-refractivity contribution is 7.91. The lowest BCUT2D eigenvalue weighted by Gasteiger charge is -2.06. The highest BCUT2D eigenvalue weighted by Crippen LogP contribution is 2.25. The van der Waals surface area contributed by atoms with Crippen LogP contribution < -0.4 is 4.72 Å². The average Bonchev–Trinajstić information content (AvgIpc) is 2.49. The molecule has 1 heterocycles. The molecule has 0 unspecified atom stereocenters. The summed E-state index contributed by atoms with van der Waals surface area (Å²) in [5, 5.41) is 0. The predicted molar refractivity (Wildman–Crippen MR) is 59.4 cm³/mol. The molecule has 0 atom stereocenters. The summed E-state index contributed by atoms with van der Waals surface area (Å²) in [5.74, 6) is 0.292. The molecule has 1 aromatic rings. The molecule has 1 N–H and O–H groups in total. The van der Waals surface area contributed by atoms with E-state index < -0.39 is 10.0 Å². The average molecular weight is 254 g/mol. The maximum Gasteiger partial charge on any atom is 0.250 e. The second-order valence-corrected chi connectivity index (χ2v) is 7.01. The zero-order chi connectivity index (χ0) is 10.8. The van der Waals surface area contributed by atoms with Gasteiger partial charge in [0.1, 0.15) is 4.21 Å². The van der Waals surface area contributed by atoms with Crippen LogP contribution in [0.15, 0.2) is 16.3 Å². The molecule has 0 spiro atoms. The molecule has 1 rings (SSSR count). The van der Waals surface area contributed by atoms with Gasteiger partial charge in [-0.15, -0.1) is 11.3 Å². The highest BCUT2D eigenvalue weighted by Gasteiger charge is 2.16. The van der Waals surface area contributed by atoms with Crippen LogP contribution in [0.2, 0.25) is 4.34 Å². The second-order valence-electron chi connectivity index (χ2n) is 3.30. The third-order valence-electron chi connectivity index (χ3n) is 1.50. The molecular weight excluding hydrogens is 242 g/mol. The van der Waals surface area contributed by atoms with Crippen LogP contribution >= 0.6 is 22.9 Å². The lowest BCUT2D eigenvalue weighted by atomic mass is 10.2. The molecular formula is C8H12ClNO2S2. The molecule has 80 valence electrons. The van der Waals surface area contributed by atoms with Gasteiger partial charge in [-0.2, -0.15) is 0 Å². The fourth-order valence-corrected chi connectivity index (χ4v) is 3.53. The molecule has 0 fully saturated rings. The summed E-state index contributed by atoms with van der Waals surface area (Å²) in [4.78, 5) is 0. The second kappa shape index (κ2) is 4.61. The zero-order valence-corrected chi connectivity index (χ0v) is 10.3. The maximum absolute atomic E-state index is 11.6. The predicted octanol–water partition coefficient (Wildman–Crippen LogP) is 2.34. The van der Waals surface area contributed by atoms with Crippen molar-refractivity contribution in [3.8, 4) is 0 Å². The summed E-state index contributed by atoms with van der Waals surface area (Å²) in [6.45, 7) is 4.34. The van der Waals surface area contributed by atoms with Crippen molar-refractivity contribution in [3.05, 3.63) is 16.5 Å². The molecule has 0 amide bonds. The summed E-state index contributed by atoms with van der Waals surface area (Å²) in [5.41, 5.74) is 0. The monoisotopic (exact) mass is 253 g/mol. The van der Waals surface area contributed by atoms with E-state index in [1.54, 1.807) is 6.07 Å². The molecule has 14 heavy (non-hydrogen) atoms. The van der Waals surface area contributed by atoms with Gasteiger partial charge in [0, 0.05) is 6.54 Å². The number of thiophene rings is 1. The summed E-state index contributed by atoms with van der Waals surface area (Å²) in [6.07, 6.45) is 0. The van der Waals surface area contributed by atoms with E-state index in [0.717, 1.165) is 11.3 Å². The van der Waals surface area contributed by atoms with Gasteiger partial charge in [0.2, 0.25) is 10.0 Å². The first-order chi connectivity index (χ1) is 6.42. The molecule has 6 heteroatoms. The fourth-order valence-electron chi connectivity index (χ4n) is 0.790. The van der Waals surface area contributed by atoms with E-state index >= 15 is 0 Å². The van der Waals surface area contributed by atoms with Gasteiger partial charge < -0.3 is 0 Å². The van der Waals surface area contributed by atoms with Crippen LogP contribution in [-0.4, -0.2) is 15.0 Å². The van der Waals surface area contributed by atoms with E-state index in [9.17, 15) is 8.42 Å². The van der Waals surface area contributed by atoms with Crippen LogP contribution in [0.25, 0.3) is 0 Å². The fraction of sp³-hybridized carbons (Fsp3) is 0.500. The smallest absolute Gasteiger partial charge is 0.210 e. The van der Waals surface area contributed by atoms with E-state index in [2.05, 4.69) is 4.72 Å². The number of hydrogen-bond donors (Lipinski definition) is 1. The third-order valence-corrected chi connectivity index (χ3v) is 4.64. The van der Waals surface area contributed by atoms with Crippen molar-refractivity contribution in [3.63, 3.8) is 0 Å². The summed E-state index contributed by atoms with van der Waals surface area (Å²) in [6, 6.07) is 3.09. The van der Waals surface area contributed by atoms with Crippen LogP contribution in [0.1, 0.15) is 13.8 Å². The Labute approximate surface area is 93.1 Å². The minimum atomic E-state index is -3.35. The van der Waals surface area contributed by atoms with E-state index in [0.29, 0.717) is 16.8 Å². The van der Waals surface area contributed by atoms with Gasteiger partial charge in [0.05, 0.1) is 4.34 Å². The quantitative estimate of drug-likeness (QED) is 0.895. The molecule has 1 aromatic heterocycles. The van der Waals surface area contributed by atoms with Gasteiger partial charge in [-0.1, -0.05) is 25.4 Å². The number of hydrogen-bond acceptors (Lipinski definition) is 3. The standard InChI is InChI=1S/C8H12ClNO2S2/c1-6(2)5-10-14(11,12)8-4-3-7(9)13-8/h3-4,6,10H,5H2,1-2H3. The number of sulfonamides is 1. The van der Waals surface area contributed by atoms with Gasteiger partial charge in [-0.05, 0) is 18.1 Å². The van der Waals surface area contributed by atoms with Crippen molar-refractivity contribution < 1.29 is 8.42 Å². The molecule has 3 nitrogen and oxygen atoms in total. The van der Waals surface area contributed by atoms with Crippen LogP contribution in [0, 0.1) is 5.92 Å². The van der Waals surface area contributed by atoms with Crippen LogP contribution in [0.5, 0.6) is 0 Å². The Balaban J connectivity index is 2.76. The maximum atomic E-state index is 11.6. The van der Waals surface area contributed by atoms with Crippen LogP contribution in [0.3, 0.4) is 0 Å². The lowest BCUT2D eigenvalue weighted by molar-refractivity contribution is 0.562. The summed E-state index contributed by atoms with van der Waals surface area (Å²) in [7, 11) is -3.35. The van der Waals surface area contributed by atoms with E-state index in [4.69, 9.17) is 11.6 Å². The lowest BCUT2D eigenvalue weighted by Crippen LogP contribution is -2.26. The Kier molecular flexibility index (Phi) is 3.94. The van der Waals surface area contributed by atoms with E-state index in [1.807, 2.05) is 13.8 Å². The number of rotatable bonds is 4. The molecule has 0 aromatic carbocycles. The normalized spacial score (nSPS) is 12.3. The Morgan fingerprint density at radius 2 is 2.14 bits per heavy atom. The van der Waals surface area contributed by atoms with Crippen LogP contribution in [-0.2, 0) is 10.0 Å². The minimum absolute atomic E-state index is 0.267. The topological polar surface area (TPSA) is 46.2 Å². The molecule has 0 bridgehead atoms. The van der Waals surface area contributed by atoms with Gasteiger partial charge in [0.15, 0.2) is 0 Å². The SMILES string of the molecule is CC(C)CNS(=O)(=O)c1ccc(Cl)s1. The molecule has 0 saturated carbocycles. The largest absolute Gasteiger partial charge is 0.250 e. The first-order valence-electron chi connectivity index (χ1n) is 4.17. The summed E-state index contributed by atoms with van der Waals surface area (Å²) < 4.78 is 26.4. The zero-order valence-electron chi connectivity index (χ0n) is 7.95. The Morgan fingerprint density at radius 1 is 1.50 bits per heavy atom. The van der Waals surface area contributed by atoms with Crippen molar-refractivity contribution in [1.29, 1.82) is 0 Å². The molecule has 0 saturated heterocycles. The Bertz CT molecular complexity index is 397. The number of nitrogens with one attached hydrogen (secondary N) is 1. The van der Waals surface area contributed by atoms with Crippen molar-refractivity contribution in [2.75, 3.05) is 6.54 Å². The van der Waals surface area contributed by atoms with Crippen molar-refractivity contribution in [2.24, 2.45) is 5.92 Å². The third kappa shape index (κ3) is 3.24. The van der Waals surface area contributed by atoms with Crippen molar-refractivity contribution in [2.45, 2.75) is 18.1 Å².